The Morgan fingerprint density at radius 1 is 0.893 bits per heavy atom. The van der Waals surface area contributed by atoms with Crippen LogP contribution in [-0.4, -0.2) is 43.4 Å². The van der Waals surface area contributed by atoms with Gasteiger partial charge in [-0.3, -0.25) is 14.4 Å². The minimum absolute atomic E-state index is 0.238. The third-order valence-corrected chi connectivity index (χ3v) is 3.74. The molecule has 0 radical (unpaired) electrons. The van der Waals surface area contributed by atoms with Gasteiger partial charge in [0.15, 0.2) is 6.61 Å². The predicted octanol–water partition coefficient (Wildman–Crippen LogP) is 1.35. The van der Waals surface area contributed by atoms with Gasteiger partial charge >= 0.3 is 5.97 Å². The van der Waals surface area contributed by atoms with E-state index in [1.165, 1.54) is 14.0 Å². The molecule has 0 unspecified atom stereocenters. The number of ether oxygens (including phenoxy) is 1. The van der Waals surface area contributed by atoms with E-state index in [0.717, 1.165) is 0 Å². The summed E-state index contributed by atoms with van der Waals surface area (Å²) >= 11 is 0. The largest absolute Gasteiger partial charge is 0.454 e. The molecule has 0 aliphatic rings. The Labute approximate surface area is 162 Å². The maximum Gasteiger partial charge on any atom is 0.328 e. The summed E-state index contributed by atoms with van der Waals surface area (Å²) in [5, 5.41) is 7.56. The highest BCUT2D eigenvalue weighted by Gasteiger charge is 2.19. The van der Waals surface area contributed by atoms with Gasteiger partial charge in [-0.25, -0.2) is 4.79 Å². The Kier molecular flexibility index (Phi) is 7.27. The van der Waals surface area contributed by atoms with Crippen molar-refractivity contribution in [2.45, 2.75) is 13.0 Å². The molecule has 146 valence electrons. The molecule has 8 nitrogen and oxygen atoms in total. The van der Waals surface area contributed by atoms with Gasteiger partial charge in [-0.2, -0.15) is 0 Å². The van der Waals surface area contributed by atoms with E-state index in [0.29, 0.717) is 16.8 Å². The lowest BCUT2D eigenvalue weighted by Gasteiger charge is -2.13. The SMILES string of the molecule is CNC(=O)c1ccc(NC(=O)COC(=O)[C@H](C)NC(=O)c2ccccc2)cc1. The van der Waals surface area contributed by atoms with Crippen molar-refractivity contribution < 1.29 is 23.9 Å². The number of carbonyl (C=O) groups is 4. The Hall–Kier alpha value is -3.68. The second-order valence-corrected chi connectivity index (χ2v) is 5.87. The minimum atomic E-state index is -0.910. The standard InChI is InChI=1S/C20H21N3O5/c1-13(22-19(26)14-6-4-3-5-7-14)20(27)28-12-17(24)23-16-10-8-15(9-11-16)18(25)21-2/h3-11,13H,12H2,1-2H3,(H,21,25)(H,22,26)(H,23,24)/t13-/m0/s1. The molecule has 2 aromatic rings. The molecule has 0 aliphatic heterocycles. The molecule has 0 saturated heterocycles. The van der Waals surface area contributed by atoms with Crippen LogP contribution in [0.3, 0.4) is 0 Å². The van der Waals surface area contributed by atoms with Crippen molar-refractivity contribution in [2.75, 3.05) is 19.0 Å². The molecule has 0 aromatic heterocycles. The molecule has 1 atom stereocenters. The second-order valence-electron chi connectivity index (χ2n) is 5.87. The molecule has 0 bridgehead atoms. The lowest BCUT2D eigenvalue weighted by atomic mass is 10.2. The van der Waals surface area contributed by atoms with E-state index < -0.39 is 30.4 Å². The number of amides is 3. The molecule has 0 saturated carbocycles. The van der Waals surface area contributed by atoms with Crippen molar-refractivity contribution in [1.82, 2.24) is 10.6 Å². The normalized spacial score (nSPS) is 11.1. The van der Waals surface area contributed by atoms with Crippen molar-refractivity contribution in [3.05, 3.63) is 65.7 Å². The molecule has 0 aliphatic carbocycles. The molecule has 3 amide bonds. The number of nitrogens with one attached hydrogen (secondary N) is 3. The maximum atomic E-state index is 12.0. The fourth-order valence-corrected chi connectivity index (χ4v) is 2.24. The second kappa shape index (κ2) is 9.86. The fourth-order valence-electron chi connectivity index (χ4n) is 2.24. The summed E-state index contributed by atoms with van der Waals surface area (Å²) in [5.41, 5.74) is 1.33. The van der Waals surface area contributed by atoms with Gasteiger partial charge in [0, 0.05) is 23.9 Å². The summed E-state index contributed by atoms with van der Waals surface area (Å²) in [6, 6.07) is 13.8. The average Bonchev–Trinajstić information content (AvgIpc) is 2.72. The first kappa shape index (κ1) is 20.6. The highest BCUT2D eigenvalue weighted by Crippen LogP contribution is 2.09. The van der Waals surface area contributed by atoms with Gasteiger partial charge in [0.1, 0.15) is 6.04 Å². The van der Waals surface area contributed by atoms with Crippen molar-refractivity contribution >= 4 is 29.4 Å². The van der Waals surface area contributed by atoms with Crippen LogP contribution >= 0.6 is 0 Å². The highest BCUT2D eigenvalue weighted by atomic mass is 16.5. The summed E-state index contributed by atoms with van der Waals surface area (Å²) in [4.78, 5) is 47.3. The molecule has 2 aromatic carbocycles. The average molecular weight is 383 g/mol. The van der Waals surface area contributed by atoms with E-state index in [1.807, 2.05) is 0 Å². The summed E-state index contributed by atoms with van der Waals surface area (Å²) in [6.07, 6.45) is 0. The Balaban J connectivity index is 1.79. The van der Waals surface area contributed by atoms with Crippen LogP contribution in [0.5, 0.6) is 0 Å². The number of carbonyl (C=O) groups excluding carboxylic acids is 4. The topological polar surface area (TPSA) is 114 Å². The van der Waals surface area contributed by atoms with Gasteiger partial charge in [0.2, 0.25) is 0 Å². The summed E-state index contributed by atoms with van der Waals surface area (Å²) in [6.45, 7) is 0.972. The number of esters is 1. The van der Waals surface area contributed by atoms with Crippen LogP contribution in [0.4, 0.5) is 5.69 Å². The van der Waals surface area contributed by atoms with Gasteiger partial charge in [-0.05, 0) is 43.3 Å². The smallest absolute Gasteiger partial charge is 0.328 e. The van der Waals surface area contributed by atoms with Crippen LogP contribution in [0.15, 0.2) is 54.6 Å². The zero-order valence-electron chi connectivity index (χ0n) is 15.5. The third-order valence-electron chi connectivity index (χ3n) is 3.74. The van der Waals surface area contributed by atoms with Gasteiger partial charge in [0.05, 0.1) is 0 Å². The quantitative estimate of drug-likeness (QED) is 0.625. The van der Waals surface area contributed by atoms with Crippen molar-refractivity contribution in [2.24, 2.45) is 0 Å². The zero-order chi connectivity index (χ0) is 20.5. The van der Waals surface area contributed by atoms with Crippen molar-refractivity contribution in [3.63, 3.8) is 0 Å². The predicted molar refractivity (Wildman–Crippen MR) is 103 cm³/mol. The fraction of sp³-hybridized carbons (Fsp3) is 0.200. The molecule has 2 rings (SSSR count). The van der Waals surface area contributed by atoms with Crippen LogP contribution in [0.1, 0.15) is 27.6 Å². The van der Waals surface area contributed by atoms with Crippen molar-refractivity contribution in [3.8, 4) is 0 Å². The first-order valence-electron chi connectivity index (χ1n) is 8.55. The molecular weight excluding hydrogens is 362 g/mol. The third kappa shape index (κ3) is 5.94. The minimum Gasteiger partial charge on any atom is -0.454 e. The Morgan fingerprint density at radius 2 is 1.50 bits per heavy atom. The van der Waals surface area contributed by atoms with E-state index in [2.05, 4.69) is 16.0 Å². The molecule has 3 N–H and O–H groups in total. The van der Waals surface area contributed by atoms with Crippen LogP contribution in [-0.2, 0) is 14.3 Å². The van der Waals surface area contributed by atoms with Crippen LogP contribution < -0.4 is 16.0 Å². The molecule has 28 heavy (non-hydrogen) atoms. The van der Waals surface area contributed by atoms with Crippen LogP contribution in [0.2, 0.25) is 0 Å². The molecule has 0 spiro atoms. The molecule has 0 heterocycles. The number of hydrogen-bond donors (Lipinski definition) is 3. The zero-order valence-corrected chi connectivity index (χ0v) is 15.5. The lowest BCUT2D eigenvalue weighted by Crippen LogP contribution is -2.40. The monoisotopic (exact) mass is 383 g/mol. The summed E-state index contributed by atoms with van der Waals surface area (Å²) in [5.74, 6) is -1.92. The summed E-state index contributed by atoms with van der Waals surface area (Å²) in [7, 11) is 1.52. The van der Waals surface area contributed by atoms with E-state index in [1.54, 1.807) is 54.6 Å². The van der Waals surface area contributed by atoms with Crippen LogP contribution in [0, 0.1) is 0 Å². The maximum absolute atomic E-state index is 12.0. The van der Waals surface area contributed by atoms with Gasteiger partial charge in [-0.1, -0.05) is 18.2 Å². The number of hydrogen-bond acceptors (Lipinski definition) is 5. The van der Waals surface area contributed by atoms with E-state index in [4.69, 9.17) is 4.74 Å². The van der Waals surface area contributed by atoms with E-state index >= 15 is 0 Å². The lowest BCUT2D eigenvalue weighted by molar-refractivity contribution is -0.148. The number of benzene rings is 2. The highest BCUT2D eigenvalue weighted by molar-refractivity contribution is 5.98. The van der Waals surface area contributed by atoms with Crippen molar-refractivity contribution in [1.29, 1.82) is 0 Å². The Bertz CT molecular complexity index is 850. The first-order chi connectivity index (χ1) is 13.4. The Morgan fingerprint density at radius 3 is 2.11 bits per heavy atom. The van der Waals surface area contributed by atoms with Gasteiger partial charge < -0.3 is 20.7 Å². The van der Waals surface area contributed by atoms with Gasteiger partial charge in [-0.15, -0.1) is 0 Å². The van der Waals surface area contributed by atoms with E-state index in [-0.39, 0.29) is 5.91 Å². The number of anilines is 1. The summed E-state index contributed by atoms with van der Waals surface area (Å²) < 4.78 is 4.92. The van der Waals surface area contributed by atoms with E-state index in [9.17, 15) is 19.2 Å². The molecule has 8 heteroatoms. The molecule has 0 fully saturated rings. The van der Waals surface area contributed by atoms with Gasteiger partial charge in [0.25, 0.3) is 17.7 Å². The molecular formula is C20H21N3O5. The number of rotatable bonds is 7. The first-order valence-corrected chi connectivity index (χ1v) is 8.55. The van der Waals surface area contributed by atoms with Crippen LogP contribution in [0.25, 0.3) is 0 Å².